The second kappa shape index (κ2) is 7.70. The minimum atomic E-state index is -0.680. The van der Waals surface area contributed by atoms with E-state index in [4.69, 9.17) is 9.57 Å². The SMILES string of the molecule is C=CCC1CC2NC(C)(Cc3c(O)c4c(c(O)c32)C(=O)c2c(OC)cccc2C4=O)C1=NOC. The number of oxime groups is 1. The third kappa shape index (κ3) is 2.84. The number of ketones is 2. The summed E-state index contributed by atoms with van der Waals surface area (Å²) in [6.07, 6.45) is 3.28. The van der Waals surface area contributed by atoms with E-state index in [1.54, 1.807) is 12.1 Å². The summed E-state index contributed by atoms with van der Waals surface area (Å²) in [7, 11) is 2.90. The van der Waals surface area contributed by atoms with Crippen LogP contribution in [-0.2, 0) is 11.3 Å². The summed E-state index contributed by atoms with van der Waals surface area (Å²) in [6.45, 7) is 5.81. The lowest BCUT2D eigenvalue weighted by Crippen LogP contribution is -2.61. The fraction of sp³-hybridized carbons (Fsp3) is 0.346. The van der Waals surface area contributed by atoms with Gasteiger partial charge >= 0.3 is 0 Å². The minimum Gasteiger partial charge on any atom is -0.507 e. The summed E-state index contributed by atoms with van der Waals surface area (Å²) < 4.78 is 5.32. The maximum atomic E-state index is 13.6. The van der Waals surface area contributed by atoms with Crippen LogP contribution in [-0.4, -0.2) is 47.2 Å². The largest absolute Gasteiger partial charge is 0.507 e. The molecule has 1 fully saturated rings. The number of phenols is 2. The summed E-state index contributed by atoms with van der Waals surface area (Å²) >= 11 is 0. The zero-order valence-corrected chi connectivity index (χ0v) is 19.3. The Kier molecular flexibility index (Phi) is 5.02. The van der Waals surface area contributed by atoms with E-state index < -0.39 is 17.1 Å². The maximum absolute atomic E-state index is 13.6. The predicted octanol–water partition coefficient (Wildman–Crippen LogP) is 3.43. The number of carbonyl (C=O) groups excluding carboxylic acids is 2. The van der Waals surface area contributed by atoms with Crippen LogP contribution < -0.4 is 10.1 Å². The fourth-order valence-corrected chi connectivity index (χ4v) is 5.91. The molecule has 0 amide bonds. The van der Waals surface area contributed by atoms with E-state index in [9.17, 15) is 19.8 Å². The zero-order chi connectivity index (χ0) is 24.4. The Morgan fingerprint density at radius 2 is 1.91 bits per heavy atom. The number of nitrogens with one attached hydrogen (secondary N) is 1. The van der Waals surface area contributed by atoms with Crippen LogP contribution in [0.1, 0.15) is 68.8 Å². The molecule has 2 bridgehead atoms. The Labute approximate surface area is 196 Å². The van der Waals surface area contributed by atoms with Crippen molar-refractivity contribution in [3.63, 3.8) is 0 Å². The van der Waals surface area contributed by atoms with Crippen molar-refractivity contribution in [1.82, 2.24) is 5.32 Å². The van der Waals surface area contributed by atoms with Crippen molar-refractivity contribution < 1.29 is 29.4 Å². The van der Waals surface area contributed by atoms with Crippen LogP contribution in [0.3, 0.4) is 0 Å². The number of rotatable bonds is 4. The quantitative estimate of drug-likeness (QED) is 0.309. The van der Waals surface area contributed by atoms with E-state index in [0.29, 0.717) is 24.0 Å². The fourth-order valence-electron chi connectivity index (χ4n) is 5.91. The minimum absolute atomic E-state index is 0.00224. The third-order valence-corrected chi connectivity index (χ3v) is 7.25. The first-order valence-electron chi connectivity index (χ1n) is 11.1. The van der Waals surface area contributed by atoms with Crippen LogP contribution in [0.15, 0.2) is 36.0 Å². The topological polar surface area (TPSA) is 117 Å². The Hall–Kier alpha value is -3.65. The third-order valence-electron chi connectivity index (χ3n) is 7.25. The average molecular weight is 463 g/mol. The van der Waals surface area contributed by atoms with Crippen molar-refractivity contribution in [2.24, 2.45) is 11.1 Å². The molecule has 2 heterocycles. The molecule has 8 heteroatoms. The van der Waals surface area contributed by atoms with Crippen LogP contribution in [0.5, 0.6) is 17.2 Å². The molecule has 0 spiro atoms. The Morgan fingerprint density at radius 3 is 2.59 bits per heavy atom. The number of fused-ring (bicyclic) bond motifs is 6. The van der Waals surface area contributed by atoms with Crippen molar-refractivity contribution in [2.75, 3.05) is 14.2 Å². The van der Waals surface area contributed by atoms with Crippen molar-refractivity contribution in [3.8, 4) is 17.2 Å². The van der Waals surface area contributed by atoms with Gasteiger partial charge in [0.25, 0.3) is 0 Å². The molecule has 3 unspecified atom stereocenters. The molecule has 3 aliphatic rings. The number of hydrogen-bond acceptors (Lipinski definition) is 8. The lowest BCUT2D eigenvalue weighted by molar-refractivity contribution is 0.0970. The van der Waals surface area contributed by atoms with Crippen LogP contribution in [0.4, 0.5) is 0 Å². The molecule has 5 rings (SSSR count). The molecule has 0 saturated carbocycles. The average Bonchev–Trinajstić information content (AvgIpc) is 2.81. The van der Waals surface area contributed by atoms with Gasteiger partial charge in [-0.25, -0.2) is 0 Å². The molecule has 1 aliphatic carbocycles. The van der Waals surface area contributed by atoms with Gasteiger partial charge in [-0.05, 0) is 32.3 Å². The monoisotopic (exact) mass is 462 g/mol. The molecule has 2 aromatic rings. The van der Waals surface area contributed by atoms with Gasteiger partial charge in [-0.3, -0.25) is 14.9 Å². The number of aromatic hydroxyl groups is 2. The highest BCUT2D eigenvalue weighted by Crippen LogP contribution is 2.52. The van der Waals surface area contributed by atoms with E-state index in [2.05, 4.69) is 17.1 Å². The molecule has 8 nitrogen and oxygen atoms in total. The van der Waals surface area contributed by atoms with Gasteiger partial charge < -0.3 is 19.8 Å². The van der Waals surface area contributed by atoms with Crippen LogP contribution >= 0.6 is 0 Å². The van der Waals surface area contributed by atoms with Crippen molar-refractivity contribution in [1.29, 1.82) is 0 Å². The Morgan fingerprint density at radius 1 is 1.18 bits per heavy atom. The second-order valence-electron chi connectivity index (χ2n) is 9.20. The normalized spacial score (nSPS) is 25.9. The highest BCUT2D eigenvalue weighted by atomic mass is 16.6. The molecule has 34 heavy (non-hydrogen) atoms. The molecule has 3 N–H and O–H groups in total. The summed E-state index contributed by atoms with van der Waals surface area (Å²) in [4.78, 5) is 32.2. The smallest absolute Gasteiger partial charge is 0.202 e. The second-order valence-corrected chi connectivity index (χ2v) is 9.20. The zero-order valence-electron chi connectivity index (χ0n) is 19.3. The van der Waals surface area contributed by atoms with Gasteiger partial charge in [0.15, 0.2) is 5.78 Å². The number of phenolic OH excluding ortho intramolecular Hbond substituents is 2. The van der Waals surface area contributed by atoms with Gasteiger partial charge in [-0.1, -0.05) is 23.4 Å². The van der Waals surface area contributed by atoms with Crippen molar-refractivity contribution in [2.45, 2.75) is 37.8 Å². The highest BCUT2D eigenvalue weighted by Gasteiger charge is 2.51. The molecule has 3 atom stereocenters. The predicted molar refractivity (Wildman–Crippen MR) is 125 cm³/mol. The van der Waals surface area contributed by atoms with Crippen LogP contribution in [0, 0.1) is 5.92 Å². The number of ether oxygens (including phenoxy) is 1. The molecule has 0 aromatic heterocycles. The molecule has 0 radical (unpaired) electrons. The first-order valence-corrected chi connectivity index (χ1v) is 11.1. The number of piperidine rings is 1. The van der Waals surface area contributed by atoms with Crippen LogP contribution in [0.2, 0.25) is 0 Å². The molecular formula is C26H26N2O6. The molecule has 2 aliphatic heterocycles. The summed E-state index contributed by atoms with van der Waals surface area (Å²) in [5.74, 6) is -1.38. The van der Waals surface area contributed by atoms with Gasteiger partial charge in [0.2, 0.25) is 5.78 Å². The van der Waals surface area contributed by atoms with E-state index in [1.165, 1.54) is 20.3 Å². The molecule has 2 aromatic carbocycles. The highest BCUT2D eigenvalue weighted by molar-refractivity contribution is 6.31. The van der Waals surface area contributed by atoms with Gasteiger partial charge in [-0.2, -0.15) is 0 Å². The lowest BCUT2D eigenvalue weighted by atomic mass is 9.66. The van der Waals surface area contributed by atoms with E-state index in [-0.39, 0.29) is 57.9 Å². The van der Waals surface area contributed by atoms with Gasteiger partial charge in [0.1, 0.15) is 24.4 Å². The van der Waals surface area contributed by atoms with Crippen molar-refractivity contribution >= 4 is 17.3 Å². The van der Waals surface area contributed by atoms with Gasteiger partial charge in [0.05, 0.1) is 35.1 Å². The maximum Gasteiger partial charge on any atom is 0.202 e. The Balaban J connectivity index is 1.75. The Bertz CT molecular complexity index is 1300. The summed E-state index contributed by atoms with van der Waals surface area (Å²) in [5.41, 5.74) is 0.868. The summed E-state index contributed by atoms with van der Waals surface area (Å²) in [5, 5.41) is 30.6. The van der Waals surface area contributed by atoms with Crippen molar-refractivity contribution in [3.05, 3.63) is 64.2 Å². The van der Waals surface area contributed by atoms with Crippen LogP contribution in [0.25, 0.3) is 0 Å². The number of hydrogen-bond donors (Lipinski definition) is 3. The van der Waals surface area contributed by atoms with Gasteiger partial charge in [0, 0.05) is 28.7 Å². The molecular weight excluding hydrogens is 436 g/mol. The van der Waals surface area contributed by atoms with E-state index in [1.807, 2.05) is 13.0 Å². The number of methoxy groups -OCH3 is 1. The lowest BCUT2D eigenvalue weighted by Gasteiger charge is -2.49. The number of carbonyl (C=O) groups is 2. The molecule has 1 saturated heterocycles. The number of nitrogens with zero attached hydrogens (tertiary/aromatic N) is 1. The number of allylic oxidation sites excluding steroid dienone is 1. The van der Waals surface area contributed by atoms with E-state index >= 15 is 0 Å². The number of benzene rings is 2. The summed E-state index contributed by atoms with van der Waals surface area (Å²) in [6, 6.07) is 4.37. The molecule has 176 valence electrons. The van der Waals surface area contributed by atoms with Gasteiger partial charge in [-0.15, -0.1) is 6.58 Å². The standard InChI is InChI=1S/C26H26N2O6/c1-5-7-12-10-15-17-14(11-26(2,27-15)25(12)28-34-4)22(30)19-20(23(17)31)24(32)18-13(21(19)29)8-6-9-16(18)33-3/h5-6,8-9,12,15,27,30-31H,1,7,10-11H2,2-4H3. The first-order chi connectivity index (χ1) is 16.3. The first kappa shape index (κ1) is 22.2. The van der Waals surface area contributed by atoms with E-state index in [0.717, 1.165) is 5.71 Å².